The Kier molecular flexibility index (Phi) is 5.25. The zero-order chi connectivity index (χ0) is 17.9. The summed E-state index contributed by atoms with van der Waals surface area (Å²) in [5.74, 6) is -2.29. The van der Waals surface area contributed by atoms with Gasteiger partial charge in [-0.05, 0) is 18.9 Å². The molecule has 0 fully saturated rings. The third kappa shape index (κ3) is 4.12. The molecule has 1 unspecified atom stereocenters. The molecule has 3 N–H and O–H groups in total. The van der Waals surface area contributed by atoms with E-state index in [0.717, 1.165) is 16.1 Å². The van der Waals surface area contributed by atoms with Crippen LogP contribution in [0.3, 0.4) is 0 Å². The molecule has 24 heavy (non-hydrogen) atoms. The van der Waals surface area contributed by atoms with Gasteiger partial charge in [0.15, 0.2) is 0 Å². The first-order valence-corrected chi connectivity index (χ1v) is 8.67. The average molecular weight is 354 g/mol. The molecule has 0 saturated carbocycles. The highest BCUT2D eigenvalue weighted by atomic mass is 32.2. The van der Waals surface area contributed by atoms with Crippen molar-refractivity contribution in [3.8, 4) is 0 Å². The second kappa shape index (κ2) is 7.02. The van der Waals surface area contributed by atoms with Crippen LogP contribution in [0.25, 0.3) is 0 Å². The maximum atomic E-state index is 12.3. The van der Waals surface area contributed by atoms with Crippen molar-refractivity contribution in [2.75, 3.05) is 6.54 Å². The Labute approximate surface area is 139 Å². The van der Waals surface area contributed by atoms with Crippen molar-refractivity contribution >= 4 is 22.1 Å². The average Bonchev–Trinajstić information content (AvgIpc) is 2.48. The topological polar surface area (TPSA) is 124 Å². The largest absolute Gasteiger partial charge is 0.481 e. The van der Waals surface area contributed by atoms with E-state index in [1.54, 1.807) is 24.3 Å². The predicted molar refractivity (Wildman–Crippen MR) is 85.3 cm³/mol. The Hall–Kier alpha value is -2.39. The van der Waals surface area contributed by atoms with Crippen molar-refractivity contribution < 1.29 is 28.2 Å². The predicted octanol–water partition coefficient (Wildman–Crippen LogP) is 1.02. The van der Waals surface area contributed by atoms with Crippen LogP contribution in [0.4, 0.5) is 0 Å². The number of aryl methyl sites for hydroxylation is 1. The third-order valence-corrected chi connectivity index (χ3v) is 5.04. The summed E-state index contributed by atoms with van der Waals surface area (Å²) in [5.41, 5.74) is 1.36. The minimum absolute atomic E-state index is 0.0782. The zero-order valence-electron chi connectivity index (χ0n) is 13.0. The van der Waals surface area contributed by atoms with E-state index in [1.807, 2.05) is 6.92 Å². The number of carboxylic acid groups (broad SMARTS) is 2. The maximum absolute atomic E-state index is 12.3. The molecule has 0 spiro atoms. The van der Waals surface area contributed by atoms with Gasteiger partial charge in [-0.1, -0.05) is 29.8 Å². The van der Waals surface area contributed by atoms with Crippen LogP contribution in [0.5, 0.6) is 0 Å². The third-order valence-electron chi connectivity index (χ3n) is 3.60. The van der Waals surface area contributed by atoms with Crippen molar-refractivity contribution in [1.29, 1.82) is 0 Å². The van der Waals surface area contributed by atoms with Crippen LogP contribution >= 0.6 is 0 Å². The van der Waals surface area contributed by atoms with Crippen LogP contribution in [-0.2, 0) is 19.8 Å². The highest BCUT2D eigenvalue weighted by molar-refractivity contribution is 7.87. The van der Waals surface area contributed by atoms with E-state index in [9.17, 15) is 23.1 Å². The van der Waals surface area contributed by atoms with Gasteiger partial charge in [-0.3, -0.25) is 9.10 Å². The number of rotatable bonds is 6. The van der Waals surface area contributed by atoms with E-state index in [0.29, 0.717) is 5.56 Å². The SMILES string of the molecule is Cc1ccc(C2NS(=O)(=O)N(CCCC(=O)O)C=C2C(=O)O)cc1. The summed E-state index contributed by atoms with van der Waals surface area (Å²) in [5, 5.41) is 18.0. The van der Waals surface area contributed by atoms with Gasteiger partial charge in [-0.15, -0.1) is 0 Å². The number of carbonyl (C=O) groups is 2. The molecule has 0 amide bonds. The van der Waals surface area contributed by atoms with E-state index < -0.39 is 28.2 Å². The number of hydrogen-bond donors (Lipinski definition) is 3. The van der Waals surface area contributed by atoms with E-state index in [4.69, 9.17) is 5.11 Å². The first-order chi connectivity index (χ1) is 11.2. The molecule has 1 atom stereocenters. The summed E-state index contributed by atoms with van der Waals surface area (Å²) in [4.78, 5) is 22.1. The standard InChI is InChI=1S/C15H18N2O6S/c1-10-4-6-11(7-5-10)14-12(15(20)21)9-17(24(22,23)16-14)8-2-3-13(18)19/h4-7,9,14,16H,2-3,8H2,1H3,(H,18,19)(H,20,21). The van der Waals surface area contributed by atoms with Crippen LogP contribution in [-0.4, -0.2) is 41.4 Å². The van der Waals surface area contributed by atoms with Crippen LogP contribution in [0, 0.1) is 6.92 Å². The van der Waals surface area contributed by atoms with Crippen LogP contribution in [0.15, 0.2) is 36.0 Å². The summed E-state index contributed by atoms with van der Waals surface area (Å²) in [6, 6.07) is 5.87. The monoisotopic (exact) mass is 354 g/mol. The Morgan fingerprint density at radius 1 is 1.21 bits per heavy atom. The highest BCUT2D eigenvalue weighted by Crippen LogP contribution is 2.28. The van der Waals surface area contributed by atoms with Crippen molar-refractivity contribution in [3.05, 3.63) is 47.2 Å². The second-order valence-corrected chi connectivity index (χ2v) is 7.12. The second-order valence-electron chi connectivity index (χ2n) is 5.46. The number of benzene rings is 1. The molecular weight excluding hydrogens is 336 g/mol. The van der Waals surface area contributed by atoms with Crippen molar-refractivity contribution in [3.63, 3.8) is 0 Å². The summed E-state index contributed by atoms with van der Waals surface area (Å²) >= 11 is 0. The molecule has 9 heteroatoms. The van der Waals surface area contributed by atoms with Crippen molar-refractivity contribution in [1.82, 2.24) is 9.03 Å². The van der Waals surface area contributed by atoms with Gasteiger partial charge in [0.1, 0.15) is 0 Å². The summed E-state index contributed by atoms with van der Waals surface area (Å²) < 4.78 is 27.8. The van der Waals surface area contributed by atoms with E-state index in [2.05, 4.69) is 4.72 Å². The molecule has 1 heterocycles. The summed E-state index contributed by atoms with van der Waals surface area (Å²) in [6.45, 7) is 1.76. The molecule has 1 aromatic rings. The first-order valence-electron chi connectivity index (χ1n) is 7.23. The molecule has 1 aliphatic rings. The number of hydrogen-bond acceptors (Lipinski definition) is 4. The van der Waals surface area contributed by atoms with E-state index in [-0.39, 0.29) is 25.0 Å². The van der Waals surface area contributed by atoms with Crippen molar-refractivity contribution in [2.24, 2.45) is 0 Å². The minimum atomic E-state index is -3.94. The van der Waals surface area contributed by atoms with E-state index in [1.165, 1.54) is 0 Å². The molecule has 0 bridgehead atoms. The van der Waals surface area contributed by atoms with Crippen LogP contribution < -0.4 is 4.72 Å². The summed E-state index contributed by atoms with van der Waals surface area (Å²) in [6.07, 6.45) is 0.930. The lowest BCUT2D eigenvalue weighted by atomic mass is 9.99. The maximum Gasteiger partial charge on any atom is 0.335 e. The molecule has 0 saturated heterocycles. The van der Waals surface area contributed by atoms with Gasteiger partial charge in [-0.2, -0.15) is 13.1 Å². The molecule has 2 rings (SSSR count). The highest BCUT2D eigenvalue weighted by Gasteiger charge is 2.35. The Morgan fingerprint density at radius 3 is 2.38 bits per heavy atom. The van der Waals surface area contributed by atoms with Gasteiger partial charge < -0.3 is 10.2 Å². The van der Waals surface area contributed by atoms with Gasteiger partial charge >= 0.3 is 22.1 Å². The molecule has 0 aromatic heterocycles. The number of nitrogens with one attached hydrogen (secondary N) is 1. The number of aliphatic carboxylic acids is 2. The van der Waals surface area contributed by atoms with Crippen LogP contribution in [0.2, 0.25) is 0 Å². The molecule has 8 nitrogen and oxygen atoms in total. The van der Waals surface area contributed by atoms with Gasteiger partial charge in [0.2, 0.25) is 0 Å². The minimum Gasteiger partial charge on any atom is -0.481 e. The molecule has 0 aliphatic carbocycles. The van der Waals surface area contributed by atoms with Crippen molar-refractivity contribution in [2.45, 2.75) is 25.8 Å². The lowest BCUT2D eigenvalue weighted by molar-refractivity contribution is -0.137. The lowest BCUT2D eigenvalue weighted by Gasteiger charge is -2.31. The fraction of sp³-hybridized carbons (Fsp3) is 0.333. The van der Waals surface area contributed by atoms with Gasteiger partial charge in [0, 0.05) is 19.2 Å². The molecule has 130 valence electrons. The lowest BCUT2D eigenvalue weighted by Crippen LogP contribution is -2.46. The van der Waals surface area contributed by atoms with E-state index >= 15 is 0 Å². The molecule has 0 radical (unpaired) electrons. The normalized spacial score (nSPS) is 19.6. The molecule has 1 aromatic carbocycles. The van der Waals surface area contributed by atoms with Gasteiger partial charge in [-0.25, -0.2) is 4.79 Å². The quantitative estimate of drug-likeness (QED) is 0.701. The molecular formula is C15H18N2O6S. The molecule has 1 aliphatic heterocycles. The van der Waals surface area contributed by atoms with Crippen LogP contribution in [0.1, 0.15) is 30.0 Å². The smallest absolute Gasteiger partial charge is 0.335 e. The zero-order valence-corrected chi connectivity index (χ0v) is 13.8. The Morgan fingerprint density at radius 2 is 1.83 bits per heavy atom. The Bertz CT molecular complexity index is 770. The fourth-order valence-electron chi connectivity index (χ4n) is 2.34. The Balaban J connectivity index is 2.33. The number of nitrogens with zero attached hydrogens (tertiary/aromatic N) is 1. The first kappa shape index (κ1) is 18.0. The number of carboxylic acids is 2. The van der Waals surface area contributed by atoms with Gasteiger partial charge in [0.25, 0.3) is 0 Å². The fourth-order valence-corrected chi connectivity index (χ4v) is 3.65. The summed E-state index contributed by atoms with van der Waals surface area (Å²) in [7, 11) is -3.94. The van der Waals surface area contributed by atoms with Gasteiger partial charge in [0.05, 0.1) is 11.6 Å².